The van der Waals surface area contributed by atoms with Gasteiger partial charge in [-0.05, 0) is 46.7 Å². The van der Waals surface area contributed by atoms with Gasteiger partial charge in [-0.1, -0.05) is 12.1 Å². The Bertz CT molecular complexity index is 576. The third kappa shape index (κ3) is 4.42. The summed E-state index contributed by atoms with van der Waals surface area (Å²) in [6.45, 7) is 0. The van der Waals surface area contributed by atoms with Gasteiger partial charge in [-0.2, -0.15) is 0 Å². The fourth-order valence-corrected chi connectivity index (χ4v) is 2.79. The zero-order chi connectivity index (χ0) is 15.4. The average molecular weight is 402 g/mol. The fraction of sp³-hybridized carbons (Fsp3) is 0.357. The summed E-state index contributed by atoms with van der Waals surface area (Å²) in [5.41, 5.74) is 0.838. The minimum Gasteiger partial charge on any atom is -0.480 e. The minimum absolute atomic E-state index is 0.181. The van der Waals surface area contributed by atoms with Crippen molar-refractivity contribution in [1.82, 2.24) is 10.6 Å². The number of halogens is 1. The van der Waals surface area contributed by atoms with E-state index in [0.717, 1.165) is 9.13 Å². The van der Waals surface area contributed by atoms with E-state index in [1.54, 1.807) is 0 Å². The van der Waals surface area contributed by atoms with E-state index in [1.807, 2.05) is 24.3 Å². The van der Waals surface area contributed by atoms with Crippen molar-refractivity contribution in [2.45, 2.75) is 31.3 Å². The molecule has 0 aliphatic carbocycles. The van der Waals surface area contributed by atoms with Crippen LogP contribution in [0.25, 0.3) is 0 Å². The van der Waals surface area contributed by atoms with Gasteiger partial charge in [0.1, 0.15) is 12.1 Å². The lowest BCUT2D eigenvalue weighted by Gasteiger charge is -2.17. The second-order valence-electron chi connectivity index (χ2n) is 4.89. The molecule has 6 nitrogen and oxygen atoms in total. The molecule has 112 valence electrons. The van der Waals surface area contributed by atoms with Crippen molar-refractivity contribution in [2.24, 2.45) is 0 Å². The Morgan fingerprint density at radius 2 is 2.24 bits per heavy atom. The van der Waals surface area contributed by atoms with Crippen molar-refractivity contribution in [3.8, 4) is 0 Å². The molecule has 3 N–H and O–H groups in total. The van der Waals surface area contributed by atoms with Crippen LogP contribution in [0.1, 0.15) is 18.4 Å². The number of rotatable bonds is 5. The molecule has 2 rings (SSSR count). The number of carboxylic acids is 1. The number of benzene rings is 1. The Kier molecular flexibility index (Phi) is 5.16. The molecule has 2 atom stereocenters. The van der Waals surface area contributed by atoms with E-state index in [1.165, 1.54) is 0 Å². The second kappa shape index (κ2) is 6.88. The van der Waals surface area contributed by atoms with Crippen LogP contribution in [0, 0.1) is 3.57 Å². The predicted molar refractivity (Wildman–Crippen MR) is 83.6 cm³/mol. The summed E-state index contributed by atoms with van der Waals surface area (Å²) < 4.78 is 1.00. The Morgan fingerprint density at radius 1 is 1.48 bits per heavy atom. The van der Waals surface area contributed by atoms with Crippen LogP contribution in [-0.4, -0.2) is 35.0 Å². The summed E-state index contributed by atoms with van der Waals surface area (Å²) >= 11 is 2.15. The highest BCUT2D eigenvalue weighted by molar-refractivity contribution is 14.1. The van der Waals surface area contributed by atoms with Gasteiger partial charge in [0.25, 0.3) is 0 Å². The molecule has 21 heavy (non-hydrogen) atoms. The number of carbonyl (C=O) groups excluding carboxylic acids is 2. The number of aliphatic carboxylic acids is 1. The first-order valence-corrected chi connectivity index (χ1v) is 7.60. The Balaban J connectivity index is 2.00. The molecule has 1 aliphatic rings. The summed E-state index contributed by atoms with van der Waals surface area (Å²) in [6.07, 6.45) is 0.908. The molecule has 0 unspecified atom stereocenters. The number of amides is 2. The molecule has 1 aromatic carbocycles. The molecular formula is C14H15IN2O4. The first-order valence-electron chi connectivity index (χ1n) is 6.52. The van der Waals surface area contributed by atoms with Crippen molar-refractivity contribution in [1.29, 1.82) is 0 Å². The van der Waals surface area contributed by atoms with Crippen LogP contribution in [0.2, 0.25) is 0 Å². The van der Waals surface area contributed by atoms with Crippen molar-refractivity contribution in [3.63, 3.8) is 0 Å². The molecule has 1 heterocycles. The van der Waals surface area contributed by atoms with E-state index in [0.29, 0.717) is 12.8 Å². The number of hydrogen-bond acceptors (Lipinski definition) is 3. The Hall–Kier alpha value is -1.64. The predicted octanol–water partition coefficient (Wildman–Crippen LogP) is 0.682. The number of carbonyl (C=O) groups is 3. The van der Waals surface area contributed by atoms with Crippen LogP contribution < -0.4 is 10.6 Å². The summed E-state index contributed by atoms with van der Waals surface area (Å²) in [4.78, 5) is 34.4. The van der Waals surface area contributed by atoms with Crippen LogP contribution in [0.4, 0.5) is 0 Å². The van der Waals surface area contributed by atoms with Crippen LogP contribution in [-0.2, 0) is 20.8 Å². The van der Waals surface area contributed by atoms with E-state index in [-0.39, 0.29) is 12.3 Å². The maximum Gasteiger partial charge on any atom is 0.326 e. The topological polar surface area (TPSA) is 95.5 Å². The quantitative estimate of drug-likeness (QED) is 0.632. The van der Waals surface area contributed by atoms with Gasteiger partial charge in [-0.3, -0.25) is 9.59 Å². The van der Waals surface area contributed by atoms with E-state index in [2.05, 4.69) is 33.2 Å². The third-order valence-electron chi connectivity index (χ3n) is 3.26. The molecule has 2 amide bonds. The lowest BCUT2D eigenvalue weighted by molar-refractivity contribution is -0.142. The second-order valence-corrected chi connectivity index (χ2v) is 6.14. The van der Waals surface area contributed by atoms with Crippen LogP contribution in [0.15, 0.2) is 24.3 Å². The number of carboxylic acid groups (broad SMARTS) is 1. The van der Waals surface area contributed by atoms with E-state index < -0.39 is 24.0 Å². The maximum atomic E-state index is 12.0. The lowest BCUT2D eigenvalue weighted by Crippen LogP contribution is -2.49. The molecule has 0 radical (unpaired) electrons. The zero-order valence-electron chi connectivity index (χ0n) is 11.1. The van der Waals surface area contributed by atoms with Crippen LogP contribution in [0.3, 0.4) is 0 Å². The first-order chi connectivity index (χ1) is 9.95. The summed E-state index contributed by atoms with van der Waals surface area (Å²) in [7, 11) is 0. The van der Waals surface area contributed by atoms with Gasteiger partial charge in [0.15, 0.2) is 0 Å². The van der Waals surface area contributed by atoms with Crippen molar-refractivity contribution in [3.05, 3.63) is 33.4 Å². The van der Waals surface area contributed by atoms with Gasteiger partial charge in [0.05, 0.1) is 0 Å². The van der Waals surface area contributed by atoms with Crippen molar-refractivity contribution in [2.75, 3.05) is 0 Å². The summed E-state index contributed by atoms with van der Waals surface area (Å²) in [6, 6.07) is 5.81. The first kappa shape index (κ1) is 15.7. The molecule has 0 aromatic heterocycles. The number of hydrogen-bond donors (Lipinski definition) is 3. The van der Waals surface area contributed by atoms with Gasteiger partial charge >= 0.3 is 5.97 Å². The molecular weight excluding hydrogens is 387 g/mol. The van der Waals surface area contributed by atoms with Gasteiger partial charge in [-0.15, -0.1) is 0 Å². The maximum absolute atomic E-state index is 12.0. The molecule has 1 aliphatic heterocycles. The third-order valence-corrected chi connectivity index (χ3v) is 3.93. The zero-order valence-corrected chi connectivity index (χ0v) is 13.3. The molecule has 0 spiro atoms. The molecule has 0 saturated carbocycles. The van der Waals surface area contributed by atoms with E-state index in [4.69, 9.17) is 0 Å². The lowest BCUT2D eigenvalue weighted by atomic mass is 10.1. The largest absolute Gasteiger partial charge is 0.480 e. The Labute approximate surface area is 135 Å². The highest BCUT2D eigenvalue weighted by Gasteiger charge is 2.30. The average Bonchev–Trinajstić information content (AvgIpc) is 2.84. The van der Waals surface area contributed by atoms with Crippen molar-refractivity contribution >= 4 is 40.4 Å². The smallest absolute Gasteiger partial charge is 0.326 e. The SMILES string of the molecule is O=C1CC[C@H](C(=O)N[C@H](Cc2cccc(I)c2)C(=O)O)N1. The van der Waals surface area contributed by atoms with Crippen LogP contribution >= 0.6 is 22.6 Å². The monoisotopic (exact) mass is 402 g/mol. The minimum atomic E-state index is -1.09. The summed E-state index contributed by atoms with van der Waals surface area (Å²) in [5, 5.41) is 14.3. The Morgan fingerprint density at radius 3 is 2.81 bits per heavy atom. The van der Waals surface area contributed by atoms with Crippen molar-refractivity contribution < 1.29 is 19.5 Å². The van der Waals surface area contributed by atoms with Gasteiger partial charge in [0.2, 0.25) is 11.8 Å². The molecule has 1 saturated heterocycles. The molecule has 1 fully saturated rings. The van der Waals surface area contributed by atoms with Crippen LogP contribution in [0.5, 0.6) is 0 Å². The van der Waals surface area contributed by atoms with E-state index >= 15 is 0 Å². The summed E-state index contributed by atoms with van der Waals surface area (Å²) in [5.74, 6) is -1.72. The normalized spacial score (nSPS) is 18.9. The van der Waals surface area contributed by atoms with E-state index in [9.17, 15) is 19.5 Å². The van der Waals surface area contributed by atoms with Gasteiger partial charge in [-0.25, -0.2) is 4.79 Å². The van der Waals surface area contributed by atoms with Gasteiger partial charge < -0.3 is 15.7 Å². The highest BCUT2D eigenvalue weighted by atomic mass is 127. The molecule has 1 aromatic rings. The molecule has 0 bridgehead atoms. The fourth-order valence-electron chi connectivity index (χ4n) is 2.18. The molecule has 7 heteroatoms. The highest BCUT2D eigenvalue weighted by Crippen LogP contribution is 2.11. The van der Waals surface area contributed by atoms with Gasteiger partial charge in [0, 0.05) is 16.4 Å². The standard InChI is InChI=1S/C14H15IN2O4/c15-9-3-1-2-8(6-9)7-11(14(20)21)17-13(19)10-4-5-12(18)16-10/h1-3,6,10-11H,4-5,7H2,(H,16,18)(H,17,19)(H,20,21)/t10-,11-/m1/s1. The number of nitrogens with one attached hydrogen (secondary N) is 2.